The normalized spacial score (nSPS) is 13.1. The average molecular weight is 175 g/mol. The average Bonchev–Trinajstić information content (AvgIpc) is 1.98. The van der Waals surface area contributed by atoms with E-state index in [1.54, 1.807) is 13.8 Å². The monoisotopic (exact) mass is 175 g/mol. The van der Waals surface area contributed by atoms with Crippen molar-refractivity contribution in [2.75, 3.05) is 13.2 Å². The van der Waals surface area contributed by atoms with E-state index < -0.39 is 12.0 Å². The largest absolute Gasteiger partial charge is 0.462 e. The molecule has 0 fully saturated rings. The third-order valence-corrected chi connectivity index (χ3v) is 1.27. The smallest absolute Gasteiger partial charge is 0.325 e. The fraction of sp³-hybridized carbons (Fsp3) is 0.875. The lowest BCUT2D eigenvalue weighted by Crippen LogP contribution is -2.41. The van der Waals surface area contributed by atoms with Crippen LogP contribution in [0.3, 0.4) is 0 Å². The van der Waals surface area contributed by atoms with E-state index in [1.807, 2.05) is 6.92 Å². The summed E-state index contributed by atoms with van der Waals surface area (Å²) in [4.78, 5) is 11.1. The van der Waals surface area contributed by atoms with Crippen LogP contribution < -0.4 is 5.32 Å². The molecule has 0 saturated carbocycles. The Morgan fingerprint density at radius 3 is 2.50 bits per heavy atom. The molecule has 0 amide bonds. The minimum absolute atomic E-state index is 0.134. The first-order valence-electron chi connectivity index (χ1n) is 4.16. The first-order valence-corrected chi connectivity index (χ1v) is 4.16. The molecule has 0 aliphatic heterocycles. The molecule has 0 aliphatic rings. The van der Waals surface area contributed by atoms with Crippen LogP contribution in [-0.2, 0) is 9.53 Å². The number of likely N-dealkylation sites (N-methyl/N-ethyl adjacent to an activating group) is 1. The Bertz CT molecular complexity index is 136. The van der Waals surface area contributed by atoms with Gasteiger partial charge in [0, 0.05) is 0 Å². The molecule has 0 aromatic carbocycles. The van der Waals surface area contributed by atoms with Crippen molar-refractivity contribution in [1.29, 1.82) is 0 Å². The van der Waals surface area contributed by atoms with Crippen molar-refractivity contribution >= 4 is 5.97 Å². The van der Waals surface area contributed by atoms with Gasteiger partial charge in [0.25, 0.3) is 0 Å². The lowest BCUT2D eigenvalue weighted by Gasteiger charge is -2.15. The Morgan fingerprint density at radius 2 is 2.17 bits per heavy atom. The Kier molecular flexibility index (Phi) is 5.66. The molecular weight excluding hydrogens is 158 g/mol. The lowest BCUT2D eigenvalue weighted by atomic mass is 10.3. The highest BCUT2D eigenvalue weighted by Gasteiger charge is 2.18. The predicted molar refractivity (Wildman–Crippen MR) is 45.8 cm³/mol. The van der Waals surface area contributed by atoms with Gasteiger partial charge >= 0.3 is 5.97 Å². The summed E-state index contributed by atoms with van der Waals surface area (Å²) in [5, 5.41) is 11.6. The van der Waals surface area contributed by atoms with Crippen LogP contribution in [0.15, 0.2) is 0 Å². The number of aliphatic hydroxyl groups excluding tert-OH is 1. The lowest BCUT2D eigenvalue weighted by molar-refractivity contribution is -0.151. The topological polar surface area (TPSA) is 58.6 Å². The molecule has 0 aromatic rings. The maximum atomic E-state index is 11.1. The van der Waals surface area contributed by atoms with E-state index >= 15 is 0 Å². The molecule has 0 rings (SSSR count). The maximum Gasteiger partial charge on any atom is 0.325 e. The molecule has 1 unspecified atom stereocenters. The van der Waals surface area contributed by atoms with E-state index in [4.69, 9.17) is 9.84 Å². The summed E-state index contributed by atoms with van der Waals surface area (Å²) in [6.07, 6.45) is -0.134. The molecule has 0 aromatic heterocycles. The highest BCUT2D eigenvalue weighted by atomic mass is 16.5. The molecule has 0 spiro atoms. The number of aliphatic hydroxyl groups is 1. The standard InChI is InChI=1S/C8H17NO3/c1-4-9-7(5-10)8(11)12-6(2)3/h6-7,9-10H,4-5H2,1-3H3. The third-order valence-electron chi connectivity index (χ3n) is 1.27. The third kappa shape index (κ3) is 4.31. The highest BCUT2D eigenvalue weighted by molar-refractivity contribution is 5.76. The Balaban J connectivity index is 3.85. The van der Waals surface area contributed by atoms with Gasteiger partial charge in [-0.3, -0.25) is 4.79 Å². The second kappa shape index (κ2) is 5.97. The van der Waals surface area contributed by atoms with Gasteiger partial charge in [-0.15, -0.1) is 0 Å². The van der Waals surface area contributed by atoms with E-state index in [0.717, 1.165) is 0 Å². The van der Waals surface area contributed by atoms with Crippen molar-refractivity contribution in [2.24, 2.45) is 0 Å². The summed E-state index contributed by atoms with van der Waals surface area (Å²) in [5.74, 6) is -0.394. The molecule has 2 N–H and O–H groups in total. The van der Waals surface area contributed by atoms with E-state index in [2.05, 4.69) is 5.32 Å². The molecule has 72 valence electrons. The molecule has 4 heteroatoms. The van der Waals surface area contributed by atoms with Gasteiger partial charge in [-0.25, -0.2) is 0 Å². The quantitative estimate of drug-likeness (QED) is 0.573. The van der Waals surface area contributed by atoms with Gasteiger partial charge in [-0.05, 0) is 20.4 Å². The SMILES string of the molecule is CCNC(CO)C(=O)OC(C)C. The van der Waals surface area contributed by atoms with Gasteiger partial charge in [0.15, 0.2) is 0 Å². The van der Waals surface area contributed by atoms with E-state index in [9.17, 15) is 4.79 Å². The molecule has 0 saturated heterocycles. The van der Waals surface area contributed by atoms with Crippen LogP contribution >= 0.6 is 0 Å². The molecule has 1 atom stereocenters. The van der Waals surface area contributed by atoms with Crippen molar-refractivity contribution in [3.05, 3.63) is 0 Å². The zero-order valence-corrected chi connectivity index (χ0v) is 7.83. The fourth-order valence-corrected chi connectivity index (χ4v) is 0.783. The van der Waals surface area contributed by atoms with Crippen LogP contribution in [0.2, 0.25) is 0 Å². The number of hydrogen-bond acceptors (Lipinski definition) is 4. The van der Waals surface area contributed by atoms with Gasteiger partial charge in [-0.2, -0.15) is 0 Å². The number of ether oxygens (including phenoxy) is 1. The predicted octanol–water partition coefficient (Wildman–Crippen LogP) is -0.0916. The van der Waals surface area contributed by atoms with Gasteiger partial charge in [0.05, 0.1) is 12.7 Å². The van der Waals surface area contributed by atoms with Crippen molar-refractivity contribution < 1.29 is 14.6 Å². The number of hydrogen-bond donors (Lipinski definition) is 2. The summed E-state index contributed by atoms with van der Waals surface area (Å²) in [6.45, 7) is 5.83. The highest BCUT2D eigenvalue weighted by Crippen LogP contribution is 1.93. The molecule has 0 heterocycles. The Labute approximate surface area is 72.9 Å². The number of esters is 1. The molecule has 4 nitrogen and oxygen atoms in total. The molecular formula is C8H17NO3. The molecule has 0 bridgehead atoms. The number of carbonyl (C=O) groups excluding carboxylic acids is 1. The zero-order valence-electron chi connectivity index (χ0n) is 7.83. The van der Waals surface area contributed by atoms with Crippen molar-refractivity contribution in [2.45, 2.75) is 32.9 Å². The molecule has 12 heavy (non-hydrogen) atoms. The minimum atomic E-state index is -0.586. The number of nitrogens with one attached hydrogen (secondary N) is 1. The minimum Gasteiger partial charge on any atom is -0.462 e. The summed E-state index contributed by atoms with van der Waals surface area (Å²) in [6, 6.07) is -0.586. The van der Waals surface area contributed by atoms with Crippen LogP contribution in [0.25, 0.3) is 0 Å². The maximum absolute atomic E-state index is 11.1. The summed E-state index contributed by atoms with van der Waals surface area (Å²) in [7, 11) is 0. The molecule has 0 radical (unpaired) electrons. The van der Waals surface area contributed by atoms with E-state index in [1.165, 1.54) is 0 Å². The number of rotatable bonds is 5. The van der Waals surface area contributed by atoms with Gasteiger partial charge in [0.1, 0.15) is 6.04 Å². The van der Waals surface area contributed by atoms with Crippen molar-refractivity contribution in [3.63, 3.8) is 0 Å². The van der Waals surface area contributed by atoms with E-state index in [0.29, 0.717) is 6.54 Å². The first kappa shape index (κ1) is 11.4. The van der Waals surface area contributed by atoms with Crippen LogP contribution in [0.1, 0.15) is 20.8 Å². The van der Waals surface area contributed by atoms with E-state index in [-0.39, 0.29) is 12.7 Å². The van der Waals surface area contributed by atoms with Gasteiger partial charge < -0.3 is 15.2 Å². The Hall–Kier alpha value is -0.610. The van der Waals surface area contributed by atoms with Gasteiger partial charge in [0.2, 0.25) is 0 Å². The summed E-state index contributed by atoms with van der Waals surface area (Å²) in [5.41, 5.74) is 0. The van der Waals surface area contributed by atoms with Gasteiger partial charge in [-0.1, -0.05) is 6.92 Å². The molecule has 0 aliphatic carbocycles. The van der Waals surface area contributed by atoms with Crippen LogP contribution in [0.4, 0.5) is 0 Å². The van der Waals surface area contributed by atoms with Crippen molar-refractivity contribution in [3.8, 4) is 0 Å². The fourth-order valence-electron chi connectivity index (χ4n) is 0.783. The first-order chi connectivity index (χ1) is 5.61. The number of carbonyl (C=O) groups is 1. The van der Waals surface area contributed by atoms with Crippen molar-refractivity contribution in [1.82, 2.24) is 5.32 Å². The van der Waals surface area contributed by atoms with Crippen LogP contribution in [0, 0.1) is 0 Å². The van der Waals surface area contributed by atoms with Crippen LogP contribution in [0.5, 0.6) is 0 Å². The van der Waals surface area contributed by atoms with Crippen LogP contribution in [-0.4, -0.2) is 36.4 Å². The zero-order chi connectivity index (χ0) is 9.56. The second-order valence-corrected chi connectivity index (χ2v) is 2.78. The summed E-state index contributed by atoms with van der Waals surface area (Å²) < 4.78 is 4.89. The summed E-state index contributed by atoms with van der Waals surface area (Å²) >= 11 is 0. The second-order valence-electron chi connectivity index (χ2n) is 2.78. The Morgan fingerprint density at radius 1 is 1.58 bits per heavy atom.